The molecule has 6 heteroatoms. The molecule has 0 unspecified atom stereocenters. The van der Waals surface area contributed by atoms with Crippen LogP contribution in [0.3, 0.4) is 0 Å². The molecule has 0 radical (unpaired) electrons. The lowest BCUT2D eigenvalue weighted by molar-refractivity contribution is -0.0767. The fraction of sp³-hybridized carbons (Fsp3) is 0.562. The van der Waals surface area contributed by atoms with Crippen LogP contribution in [-0.2, 0) is 23.1 Å². The molecule has 6 nitrogen and oxygen atoms in total. The van der Waals surface area contributed by atoms with Crippen molar-refractivity contribution < 1.29 is 9.53 Å². The Morgan fingerprint density at radius 3 is 2.71 bits per heavy atom. The van der Waals surface area contributed by atoms with E-state index in [4.69, 9.17) is 9.72 Å². The number of hydrogen-bond acceptors (Lipinski definition) is 4. The summed E-state index contributed by atoms with van der Waals surface area (Å²) in [5.74, 6) is 0. The number of aromatic nitrogens is 1. The van der Waals surface area contributed by atoms with Gasteiger partial charge in [0.2, 0.25) is 0 Å². The Hall–Kier alpha value is -2.70. The minimum atomic E-state index is -0.287. The van der Waals surface area contributed by atoms with Crippen LogP contribution in [0, 0.1) is 0 Å². The molecule has 2 saturated heterocycles. The van der Waals surface area contributed by atoms with Crippen LogP contribution in [0.4, 0.5) is 4.79 Å². The van der Waals surface area contributed by atoms with Crippen molar-refractivity contribution in [3.8, 4) is 11.1 Å². The van der Waals surface area contributed by atoms with E-state index in [0.29, 0.717) is 32.3 Å². The summed E-state index contributed by atoms with van der Waals surface area (Å²) in [6.45, 7) is 10.8. The predicted octanol–water partition coefficient (Wildman–Crippen LogP) is 5.60. The minimum Gasteiger partial charge on any atom is -0.372 e. The lowest BCUT2D eigenvalue weighted by Gasteiger charge is -2.41. The van der Waals surface area contributed by atoms with Crippen LogP contribution in [0.5, 0.6) is 0 Å². The number of carbonyl (C=O) groups excluding carboxylic acids is 1. The van der Waals surface area contributed by atoms with Gasteiger partial charge in [-0.3, -0.25) is 4.98 Å². The topological polar surface area (TPSA) is 57.7 Å². The number of nitrogens with one attached hydrogen (secondary N) is 1. The molecule has 7 rings (SSSR count). The molecule has 1 N–H and O–H groups in total. The van der Waals surface area contributed by atoms with E-state index < -0.39 is 0 Å². The number of ether oxygens (including phenoxy) is 1. The van der Waals surface area contributed by atoms with Gasteiger partial charge < -0.3 is 19.9 Å². The first kappa shape index (κ1) is 24.3. The first-order valence-electron chi connectivity index (χ1n) is 14.6. The third-order valence-electron chi connectivity index (χ3n) is 9.64. The molecule has 1 spiro atoms. The van der Waals surface area contributed by atoms with Crippen molar-refractivity contribution in [2.24, 2.45) is 0 Å². The SMILES string of the molecule is CC1=CC2(CCC2)c2ncc(-c3cc4c(c([C@@H]5CCCN5)c3)CN(C(=O)N3CCOC(C)(C)C3)CC4)cc21. The molecular weight excluding hydrogens is 472 g/mol. The lowest BCUT2D eigenvalue weighted by atomic mass is 9.68. The van der Waals surface area contributed by atoms with E-state index in [1.165, 1.54) is 70.3 Å². The average Bonchev–Trinajstić information content (AvgIpc) is 3.53. The van der Waals surface area contributed by atoms with Gasteiger partial charge in [-0.2, -0.15) is 0 Å². The summed E-state index contributed by atoms with van der Waals surface area (Å²) >= 11 is 0. The maximum absolute atomic E-state index is 13.6. The number of fused-ring (bicyclic) bond motifs is 3. The zero-order valence-corrected chi connectivity index (χ0v) is 23.1. The van der Waals surface area contributed by atoms with Crippen LogP contribution in [0.15, 0.2) is 30.5 Å². The van der Waals surface area contributed by atoms with Crippen molar-refractivity contribution in [3.05, 3.63) is 58.4 Å². The largest absolute Gasteiger partial charge is 0.372 e. The maximum Gasteiger partial charge on any atom is 0.320 e. The van der Waals surface area contributed by atoms with E-state index in [0.717, 1.165) is 25.9 Å². The summed E-state index contributed by atoms with van der Waals surface area (Å²) in [6, 6.07) is 7.65. The Labute approximate surface area is 226 Å². The molecule has 1 saturated carbocycles. The lowest BCUT2D eigenvalue weighted by Crippen LogP contribution is -2.55. The van der Waals surface area contributed by atoms with E-state index in [9.17, 15) is 4.79 Å². The smallest absolute Gasteiger partial charge is 0.320 e. The number of pyridine rings is 1. The molecule has 1 aromatic carbocycles. The second kappa shape index (κ2) is 8.92. The molecule has 5 aliphatic rings. The number of benzene rings is 1. The van der Waals surface area contributed by atoms with Crippen LogP contribution < -0.4 is 5.32 Å². The van der Waals surface area contributed by atoms with Gasteiger partial charge in [0.05, 0.1) is 24.4 Å². The van der Waals surface area contributed by atoms with Crippen LogP contribution in [0.2, 0.25) is 0 Å². The number of carbonyl (C=O) groups is 1. The zero-order chi connectivity index (χ0) is 26.1. The molecule has 2 amide bonds. The second-order valence-electron chi connectivity index (χ2n) is 12.8. The highest BCUT2D eigenvalue weighted by Crippen LogP contribution is 2.52. The monoisotopic (exact) mass is 512 g/mol. The average molecular weight is 513 g/mol. The highest BCUT2D eigenvalue weighted by Gasteiger charge is 2.43. The normalized spacial score (nSPS) is 25.1. The van der Waals surface area contributed by atoms with Gasteiger partial charge in [0.25, 0.3) is 0 Å². The zero-order valence-electron chi connectivity index (χ0n) is 23.1. The van der Waals surface area contributed by atoms with Crippen molar-refractivity contribution in [2.45, 2.75) is 82.9 Å². The van der Waals surface area contributed by atoms with Gasteiger partial charge in [-0.15, -0.1) is 0 Å². The van der Waals surface area contributed by atoms with E-state index in [2.05, 4.69) is 61.5 Å². The van der Waals surface area contributed by atoms with Crippen LogP contribution in [-0.4, -0.2) is 59.2 Å². The number of urea groups is 1. The van der Waals surface area contributed by atoms with Gasteiger partial charge in [0, 0.05) is 48.4 Å². The van der Waals surface area contributed by atoms with E-state index in [1.807, 2.05) is 4.90 Å². The van der Waals surface area contributed by atoms with Crippen LogP contribution in [0.1, 0.15) is 86.9 Å². The quantitative estimate of drug-likeness (QED) is 0.569. The number of morpholine rings is 1. The van der Waals surface area contributed by atoms with Gasteiger partial charge in [0.15, 0.2) is 0 Å². The Kier molecular flexibility index (Phi) is 5.72. The number of allylic oxidation sites excluding steroid dienone is 2. The van der Waals surface area contributed by atoms with Gasteiger partial charge in [-0.1, -0.05) is 18.6 Å². The molecule has 3 fully saturated rings. The van der Waals surface area contributed by atoms with E-state index in [-0.39, 0.29) is 17.0 Å². The summed E-state index contributed by atoms with van der Waals surface area (Å²) < 4.78 is 5.86. The maximum atomic E-state index is 13.6. The Morgan fingerprint density at radius 1 is 1.11 bits per heavy atom. The number of amides is 2. The summed E-state index contributed by atoms with van der Waals surface area (Å²) in [4.78, 5) is 22.7. The van der Waals surface area contributed by atoms with Crippen molar-refractivity contribution in [1.82, 2.24) is 20.1 Å². The van der Waals surface area contributed by atoms with Crippen molar-refractivity contribution in [1.29, 1.82) is 0 Å². The van der Waals surface area contributed by atoms with E-state index >= 15 is 0 Å². The molecule has 200 valence electrons. The van der Waals surface area contributed by atoms with Crippen molar-refractivity contribution >= 4 is 11.6 Å². The molecule has 2 aromatic rings. The summed E-state index contributed by atoms with van der Waals surface area (Å²) in [7, 11) is 0. The molecule has 38 heavy (non-hydrogen) atoms. The highest BCUT2D eigenvalue weighted by atomic mass is 16.5. The number of rotatable bonds is 2. The third kappa shape index (κ3) is 3.99. The summed E-state index contributed by atoms with van der Waals surface area (Å²) in [6.07, 6.45) is 11.6. The van der Waals surface area contributed by atoms with Crippen molar-refractivity contribution in [3.63, 3.8) is 0 Å². The molecule has 1 atom stereocenters. The Morgan fingerprint density at radius 2 is 1.97 bits per heavy atom. The molecule has 1 aromatic heterocycles. The summed E-state index contributed by atoms with van der Waals surface area (Å²) in [5, 5.41) is 3.74. The third-order valence-corrected chi connectivity index (χ3v) is 9.64. The number of hydrogen-bond donors (Lipinski definition) is 1. The van der Waals surface area contributed by atoms with Gasteiger partial charge in [-0.25, -0.2) is 4.79 Å². The Bertz CT molecular complexity index is 1320. The Balaban J connectivity index is 1.22. The van der Waals surface area contributed by atoms with Crippen LogP contribution in [0.25, 0.3) is 16.7 Å². The highest BCUT2D eigenvalue weighted by molar-refractivity contribution is 5.79. The molecule has 4 heterocycles. The van der Waals surface area contributed by atoms with Gasteiger partial charge >= 0.3 is 6.03 Å². The van der Waals surface area contributed by atoms with Crippen LogP contribution >= 0.6 is 0 Å². The minimum absolute atomic E-state index is 0.149. The first-order valence-corrected chi connectivity index (χ1v) is 14.6. The first-order chi connectivity index (χ1) is 18.3. The fourth-order valence-electron chi connectivity index (χ4n) is 7.49. The predicted molar refractivity (Wildman–Crippen MR) is 150 cm³/mol. The molecule has 2 aliphatic carbocycles. The standard InChI is InChI=1S/C32H40N4O2/c1-21-17-32(8-5-9-32)29-25(21)16-24(18-34-29)23-14-22-7-11-35(30(37)36-12-13-38-31(2,3)20-36)19-27(22)26(15-23)28-6-4-10-33-28/h14-18,28,33H,4-13,19-20H2,1-3H3/t28-/m0/s1. The van der Waals surface area contributed by atoms with E-state index in [1.54, 1.807) is 0 Å². The van der Waals surface area contributed by atoms with Gasteiger partial charge in [0.1, 0.15) is 0 Å². The molecular formula is C32H40N4O2. The van der Waals surface area contributed by atoms with Crippen molar-refractivity contribution in [2.75, 3.05) is 32.8 Å². The fourth-order valence-corrected chi connectivity index (χ4v) is 7.49. The number of nitrogens with zero attached hydrogens (tertiary/aromatic N) is 3. The molecule has 0 bridgehead atoms. The molecule has 3 aliphatic heterocycles. The van der Waals surface area contributed by atoms with Gasteiger partial charge in [-0.05, 0) is 99.4 Å². The second-order valence-corrected chi connectivity index (χ2v) is 12.8. The summed E-state index contributed by atoms with van der Waals surface area (Å²) in [5.41, 5.74) is 10.5.